The molecule has 5 nitrogen and oxygen atoms in total. The summed E-state index contributed by atoms with van der Waals surface area (Å²) >= 11 is 1.72. The number of unbranched alkanes of at least 4 members (excludes halogenated alkanes) is 1. The molecule has 1 aromatic carbocycles. The Hall–Kier alpha value is -1.35. The smallest absolute Gasteiger partial charge is 0.191 e. The Bertz CT molecular complexity index is 683. The molecule has 1 aromatic heterocycles. The fourth-order valence-corrected chi connectivity index (χ4v) is 3.13. The Morgan fingerprint density at radius 2 is 2.00 bits per heavy atom. The zero-order valence-electron chi connectivity index (χ0n) is 16.0. The molecule has 1 heterocycles. The Kier molecular flexibility index (Phi) is 10.6. The average Bonchev–Trinajstić information content (AvgIpc) is 2.94. The monoisotopic (exact) mass is 488 g/mol. The molecule has 0 amide bonds. The molecule has 2 rings (SSSR count). The molecule has 0 fully saturated rings. The van der Waals surface area contributed by atoms with Gasteiger partial charge in [0.1, 0.15) is 10.8 Å². The molecule has 0 aliphatic heterocycles. The second-order valence-corrected chi connectivity index (χ2v) is 7.17. The highest BCUT2D eigenvalue weighted by atomic mass is 127. The summed E-state index contributed by atoms with van der Waals surface area (Å²) in [5.74, 6) is 1.69. The third-order valence-corrected chi connectivity index (χ3v) is 4.90. The fraction of sp³-hybridized carbons (Fsp3) is 0.474. The largest absolute Gasteiger partial charge is 0.494 e. The molecule has 2 aromatic rings. The van der Waals surface area contributed by atoms with Gasteiger partial charge in [-0.1, -0.05) is 25.5 Å². The first-order valence-electron chi connectivity index (χ1n) is 8.71. The molecular weight excluding hydrogens is 459 g/mol. The molecule has 0 bridgehead atoms. The number of aliphatic imine (C=N–C) groups is 1. The van der Waals surface area contributed by atoms with Crippen LogP contribution < -0.4 is 15.4 Å². The van der Waals surface area contributed by atoms with Crippen molar-refractivity contribution in [1.29, 1.82) is 0 Å². The molecule has 0 atom stereocenters. The third kappa shape index (κ3) is 7.49. The highest BCUT2D eigenvalue weighted by Gasteiger charge is 2.05. The maximum absolute atomic E-state index is 5.76. The van der Waals surface area contributed by atoms with Crippen molar-refractivity contribution in [2.24, 2.45) is 4.99 Å². The molecule has 0 saturated carbocycles. The molecule has 0 aliphatic rings. The number of halogens is 1. The van der Waals surface area contributed by atoms with Crippen LogP contribution in [0.4, 0.5) is 0 Å². The second kappa shape index (κ2) is 12.1. The van der Waals surface area contributed by atoms with Gasteiger partial charge in [-0.2, -0.15) is 0 Å². The van der Waals surface area contributed by atoms with Crippen molar-refractivity contribution in [2.45, 2.75) is 46.7 Å². The van der Waals surface area contributed by atoms with E-state index in [1.54, 1.807) is 18.4 Å². The van der Waals surface area contributed by atoms with Gasteiger partial charge < -0.3 is 15.4 Å². The maximum atomic E-state index is 5.76. The average molecular weight is 488 g/mol. The molecule has 0 spiro atoms. The van der Waals surface area contributed by atoms with Gasteiger partial charge in [0.2, 0.25) is 0 Å². The number of hydrogen-bond donors (Lipinski definition) is 2. The number of nitrogens with one attached hydrogen (secondary N) is 2. The summed E-state index contributed by atoms with van der Waals surface area (Å²) in [6, 6.07) is 8.18. The maximum Gasteiger partial charge on any atom is 0.191 e. The van der Waals surface area contributed by atoms with Crippen LogP contribution >= 0.6 is 35.3 Å². The van der Waals surface area contributed by atoms with E-state index >= 15 is 0 Å². The number of rotatable bonds is 8. The van der Waals surface area contributed by atoms with E-state index in [0.29, 0.717) is 13.1 Å². The minimum absolute atomic E-state index is 0. The minimum atomic E-state index is 0. The number of ether oxygens (including phenoxy) is 1. The lowest BCUT2D eigenvalue weighted by atomic mass is 10.2. The summed E-state index contributed by atoms with van der Waals surface area (Å²) in [7, 11) is 1.78. The molecule has 0 aliphatic carbocycles. The zero-order valence-corrected chi connectivity index (χ0v) is 19.1. The van der Waals surface area contributed by atoms with Crippen molar-refractivity contribution < 1.29 is 4.74 Å². The Labute approximate surface area is 177 Å². The van der Waals surface area contributed by atoms with Crippen molar-refractivity contribution in [3.63, 3.8) is 0 Å². The number of guanidine groups is 1. The lowest BCUT2D eigenvalue weighted by molar-refractivity contribution is 0.309. The van der Waals surface area contributed by atoms with E-state index in [4.69, 9.17) is 4.74 Å². The first kappa shape index (κ1) is 22.7. The van der Waals surface area contributed by atoms with Crippen molar-refractivity contribution in [3.05, 3.63) is 45.4 Å². The van der Waals surface area contributed by atoms with Gasteiger partial charge in [0, 0.05) is 18.5 Å². The molecule has 144 valence electrons. The van der Waals surface area contributed by atoms with Gasteiger partial charge in [0.15, 0.2) is 5.96 Å². The van der Waals surface area contributed by atoms with Gasteiger partial charge in [0.05, 0.1) is 18.8 Å². The number of aryl methyl sites for hydroxylation is 2. The van der Waals surface area contributed by atoms with Crippen LogP contribution in [-0.2, 0) is 13.1 Å². The first-order chi connectivity index (χ1) is 12.1. The molecule has 2 N–H and O–H groups in total. The van der Waals surface area contributed by atoms with Crippen LogP contribution in [0.2, 0.25) is 0 Å². The van der Waals surface area contributed by atoms with Gasteiger partial charge in [-0.3, -0.25) is 4.99 Å². The predicted molar refractivity (Wildman–Crippen MR) is 121 cm³/mol. The van der Waals surface area contributed by atoms with Gasteiger partial charge in [-0.05, 0) is 38.0 Å². The number of aromatic nitrogens is 1. The molecule has 0 unspecified atom stereocenters. The van der Waals surface area contributed by atoms with E-state index in [2.05, 4.69) is 46.6 Å². The quantitative estimate of drug-likeness (QED) is 0.250. The summed E-state index contributed by atoms with van der Waals surface area (Å²) in [5, 5.41) is 7.71. The van der Waals surface area contributed by atoms with Crippen molar-refractivity contribution >= 4 is 41.3 Å². The van der Waals surface area contributed by atoms with Gasteiger partial charge in [0.25, 0.3) is 0 Å². The minimum Gasteiger partial charge on any atom is -0.494 e. The van der Waals surface area contributed by atoms with Crippen molar-refractivity contribution in [2.75, 3.05) is 13.7 Å². The van der Waals surface area contributed by atoms with Crippen LogP contribution in [0, 0.1) is 13.8 Å². The van der Waals surface area contributed by atoms with Gasteiger partial charge in [-0.15, -0.1) is 35.3 Å². The number of hydrogen-bond acceptors (Lipinski definition) is 4. The Morgan fingerprint density at radius 1 is 1.23 bits per heavy atom. The topological polar surface area (TPSA) is 58.5 Å². The highest BCUT2D eigenvalue weighted by Crippen LogP contribution is 2.16. The van der Waals surface area contributed by atoms with E-state index in [9.17, 15) is 0 Å². The fourth-order valence-electron chi connectivity index (χ4n) is 2.26. The normalized spacial score (nSPS) is 11.0. The SMILES string of the molecule is CCCCOc1cccc(CNC(=NC)NCc2nc(C)c(C)s2)c1.I. The predicted octanol–water partition coefficient (Wildman–Crippen LogP) is 4.42. The molecule has 26 heavy (non-hydrogen) atoms. The number of benzene rings is 1. The Balaban J connectivity index is 0.00000338. The zero-order chi connectivity index (χ0) is 18.1. The summed E-state index contributed by atoms with van der Waals surface area (Å²) in [4.78, 5) is 10.1. The first-order valence-corrected chi connectivity index (χ1v) is 9.53. The second-order valence-electron chi connectivity index (χ2n) is 5.88. The lowest BCUT2D eigenvalue weighted by Gasteiger charge is -2.12. The van der Waals surface area contributed by atoms with E-state index in [0.717, 1.165) is 47.4 Å². The number of thiazole rings is 1. The third-order valence-electron chi connectivity index (χ3n) is 3.83. The van der Waals surface area contributed by atoms with E-state index in [1.165, 1.54) is 4.88 Å². The van der Waals surface area contributed by atoms with E-state index in [1.807, 2.05) is 19.1 Å². The van der Waals surface area contributed by atoms with Gasteiger partial charge >= 0.3 is 0 Å². The molecular formula is C19H29IN4OS. The summed E-state index contributed by atoms with van der Waals surface area (Å²) in [5.41, 5.74) is 2.27. The number of nitrogens with zero attached hydrogens (tertiary/aromatic N) is 2. The standard InChI is InChI=1S/C19H28N4OS.HI/c1-5-6-10-24-17-9-7-8-16(11-17)12-21-19(20-4)22-13-18-23-14(2)15(3)25-18;/h7-9,11H,5-6,10,12-13H2,1-4H3,(H2,20,21,22);1H. The van der Waals surface area contributed by atoms with Crippen LogP contribution in [0.1, 0.15) is 40.9 Å². The summed E-state index contributed by atoms with van der Waals surface area (Å²) < 4.78 is 5.76. The molecule has 0 saturated heterocycles. The van der Waals surface area contributed by atoms with Gasteiger partial charge in [-0.25, -0.2) is 4.98 Å². The molecule has 0 radical (unpaired) electrons. The van der Waals surface area contributed by atoms with Crippen LogP contribution in [-0.4, -0.2) is 24.6 Å². The van der Waals surface area contributed by atoms with Crippen molar-refractivity contribution in [3.8, 4) is 5.75 Å². The highest BCUT2D eigenvalue weighted by molar-refractivity contribution is 14.0. The van der Waals surface area contributed by atoms with E-state index < -0.39 is 0 Å². The lowest BCUT2D eigenvalue weighted by Crippen LogP contribution is -2.36. The van der Waals surface area contributed by atoms with Crippen LogP contribution in [0.25, 0.3) is 0 Å². The van der Waals surface area contributed by atoms with Crippen LogP contribution in [0.15, 0.2) is 29.3 Å². The van der Waals surface area contributed by atoms with Crippen LogP contribution in [0.5, 0.6) is 5.75 Å². The van der Waals surface area contributed by atoms with Crippen molar-refractivity contribution in [1.82, 2.24) is 15.6 Å². The van der Waals surface area contributed by atoms with E-state index in [-0.39, 0.29) is 24.0 Å². The molecule has 7 heteroatoms. The summed E-state index contributed by atoms with van der Waals surface area (Å²) in [6.45, 7) is 8.44. The summed E-state index contributed by atoms with van der Waals surface area (Å²) in [6.07, 6.45) is 2.22. The van der Waals surface area contributed by atoms with Crippen LogP contribution in [0.3, 0.4) is 0 Å². The Morgan fingerprint density at radius 3 is 2.65 bits per heavy atom.